The highest BCUT2D eigenvalue weighted by Gasteiger charge is 2.32. The largest absolute Gasteiger partial charge is 0.433 e. The zero-order valence-electron chi connectivity index (χ0n) is 15.6. The Labute approximate surface area is 173 Å². The molecule has 6 nitrogen and oxygen atoms in total. The first-order valence-electron chi connectivity index (χ1n) is 9.29. The summed E-state index contributed by atoms with van der Waals surface area (Å²) in [5.74, 6) is -0.681. The van der Waals surface area contributed by atoms with E-state index in [4.69, 9.17) is 0 Å². The third-order valence-corrected chi connectivity index (χ3v) is 5.80. The van der Waals surface area contributed by atoms with Gasteiger partial charge in [-0.2, -0.15) is 13.2 Å². The van der Waals surface area contributed by atoms with Crippen LogP contribution in [0, 0.1) is 0 Å². The second-order valence-electron chi connectivity index (χ2n) is 6.99. The Hall–Kier alpha value is -3.01. The van der Waals surface area contributed by atoms with Crippen molar-refractivity contribution < 1.29 is 22.8 Å². The monoisotopic (exact) mass is 434 g/mol. The smallest absolute Gasteiger partial charge is 0.354 e. The van der Waals surface area contributed by atoms with Gasteiger partial charge in [0, 0.05) is 19.2 Å². The summed E-state index contributed by atoms with van der Waals surface area (Å²) in [6.07, 6.45) is -1.67. The van der Waals surface area contributed by atoms with Crippen LogP contribution in [-0.2, 0) is 17.4 Å². The maximum Gasteiger partial charge on any atom is 0.433 e. The van der Waals surface area contributed by atoms with Gasteiger partial charge in [0.1, 0.15) is 17.4 Å². The molecule has 0 radical (unpaired) electrons. The predicted molar refractivity (Wildman–Crippen MR) is 105 cm³/mol. The Morgan fingerprint density at radius 2 is 2.13 bits per heavy atom. The molecule has 1 fully saturated rings. The zero-order chi connectivity index (χ0) is 21.3. The van der Waals surface area contributed by atoms with Crippen LogP contribution >= 0.6 is 11.3 Å². The lowest BCUT2D eigenvalue weighted by molar-refractivity contribution is -0.141. The average molecular weight is 434 g/mol. The van der Waals surface area contributed by atoms with Gasteiger partial charge in [0.25, 0.3) is 5.91 Å². The third kappa shape index (κ3) is 4.28. The highest BCUT2D eigenvalue weighted by atomic mass is 32.1. The van der Waals surface area contributed by atoms with Crippen LogP contribution in [0.4, 0.5) is 13.2 Å². The Bertz CT molecular complexity index is 1100. The van der Waals surface area contributed by atoms with Crippen molar-refractivity contribution in [2.45, 2.75) is 31.5 Å². The number of halogens is 3. The van der Waals surface area contributed by atoms with E-state index in [1.165, 1.54) is 23.6 Å². The van der Waals surface area contributed by atoms with Crippen LogP contribution < -0.4 is 10.6 Å². The standard InChI is InChI=1S/C20H17F3N4O2S/c21-20(22,23)16-4-3-11(10-25-16)8-12-9-15(26-13-5-7-30-17(12)13)19(29)27-14-2-1-6-24-18(14)28/h3-5,7,9-10,14H,1-2,6,8H2,(H,24,28)(H,27,29). The lowest BCUT2D eigenvalue weighted by Gasteiger charge is -2.22. The van der Waals surface area contributed by atoms with Crippen LogP contribution in [0.3, 0.4) is 0 Å². The van der Waals surface area contributed by atoms with Gasteiger partial charge in [0.05, 0.1) is 10.2 Å². The van der Waals surface area contributed by atoms with Crippen LogP contribution in [0.15, 0.2) is 35.8 Å². The Morgan fingerprint density at radius 1 is 1.30 bits per heavy atom. The quantitative estimate of drug-likeness (QED) is 0.660. The molecule has 3 aromatic heterocycles. The number of pyridine rings is 2. The average Bonchev–Trinajstić information content (AvgIpc) is 3.18. The fraction of sp³-hybridized carbons (Fsp3) is 0.300. The molecule has 1 unspecified atom stereocenters. The minimum absolute atomic E-state index is 0.161. The van der Waals surface area contributed by atoms with Crippen molar-refractivity contribution in [3.63, 3.8) is 0 Å². The summed E-state index contributed by atoms with van der Waals surface area (Å²) in [6.45, 7) is 0.593. The van der Waals surface area contributed by atoms with Gasteiger partial charge in [-0.15, -0.1) is 11.3 Å². The summed E-state index contributed by atoms with van der Waals surface area (Å²) in [6, 6.07) is 5.11. The van der Waals surface area contributed by atoms with E-state index in [9.17, 15) is 22.8 Å². The molecule has 4 heterocycles. The highest BCUT2D eigenvalue weighted by molar-refractivity contribution is 7.17. The zero-order valence-corrected chi connectivity index (χ0v) is 16.4. The molecular weight excluding hydrogens is 417 g/mol. The molecule has 2 amide bonds. The molecule has 10 heteroatoms. The molecule has 0 bridgehead atoms. The minimum atomic E-state index is -4.49. The number of nitrogens with zero attached hydrogens (tertiary/aromatic N) is 2. The van der Waals surface area contributed by atoms with Gasteiger partial charge < -0.3 is 10.6 Å². The van der Waals surface area contributed by atoms with E-state index in [0.717, 1.165) is 22.8 Å². The molecule has 0 spiro atoms. The van der Waals surface area contributed by atoms with Gasteiger partial charge in [-0.3, -0.25) is 14.6 Å². The fourth-order valence-electron chi connectivity index (χ4n) is 3.33. The predicted octanol–water partition coefficient (Wildman–Crippen LogP) is 3.31. The van der Waals surface area contributed by atoms with E-state index in [1.54, 1.807) is 12.1 Å². The van der Waals surface area contributed by atoms with E-state index in [1.807, 2.05) is 5.38 Å². The number of aromatic nitrogens is 2. The van der Waals surface area contributed by atoms with Gasteiger partial charge in [0.15, 0.2) is 0 Å². The highest BCUT2D eigenvalue weighted by Crippen LogP contribution is 2.29. The molecule has 0 saturated carbocycles. The Kier molecular flexibility index (Phi) is 5.42. The van der Waals surface area contributed by atoms with E-state index >= 15 is 0 Å². The number of hydrogen-bond acceptors (Lipinski definition) is 5. The number of hydrogen-bond donors (Lipinski definition) is 2. The van der Waals surface area contributed by atoms with Crippen LogP contribution in [0.2, 0.25) is 0 Å². The maximum atomic E-state index is 12.7. The van der Waals surface area contributed by atoms with Crippen molar-refractivity contribution in [2.75, 3.05) is 6.54 Å². The van der Waals surface area contributed by atoms with Crippen molar-refractivity contribution in [1.29, 1.82) is 0 Å². The number of nitrogens with one attached hydrogen (secondary N) is 2. The van der Waals surface area contributed by atoms with Gasteiger partial charge >= 0.3 is 6.18 Å². The number of carbonyl (C=O) groups is 2. The summed E-state index contributed by atoms with van der Waals surface area (Å²) < 4.78 is 39.0. The fourth-order valence-corrected chi connectivity index (χ4v) is 4.18. The van der Waals surface area contributed by atoms with Crippen LogP contribution in [0.5, 0.6) is 0 Å². The summed E-state index contributed by atoms with van der Waals surface area (Å²) in [5, 5.41) is 7.26. The van der Waals surface area contributed by atoms with Gasteiger partial charge in [-0.1, -0.05) is 6.07 Å². The van der Waals surface area contributed by atoms with Gasteiger partial charge in [0.2, 0.25) is 5.91 Å². The normalized spacial score (nSPS) is 17.0. The number of carbonyl (C=O) groups excluding carboxylic acids is 2. The first-order chi connectivity index (χ1) is 14.3. The van der Waals surface area contributed by atoms with E-state index < -0.39 is 23.8 Å². The van der Waals surface area contributed by atoms with Crippen LogP contribution in [0.1, 0.15) is 40.2 Å². The summed E-state index contributed by atoms with van der Waals surface area (Å²) in [7, 11) is 0. The Balaban J connectivity index is 1.59. The second-order valence-corrected chi connectivity index (χ2v) is 7.90. The summed E-state index contributed by atoms with van der Waals surface area (Å²) in [4.78, 5) is 32.5. The maximum absolute atomic E-state index is 12.7. The molecule has 1 saturated heterocycles. The van der Waals surface area contributed by atoms with E-state index in [0.29, 0.717) is 30.5 Å². The van der Waals surface area contributed by atoms with Gasteiger partial charge in [-0.05, 0) is 47.5 Å². The van der Waals surface area contributed by atoms with Crippen molar-refractivity contribution in [1.82, 2.24) is 20.6 Å². The number of piperidine rings is 1. The van der Waals surface area contributed by atoms with Gasteiger partial charge in [-0.25, -0.2) is 4.98 Å². The molecule has 0 aromatic carbocycles. The number of amides is 2. The summed E-state index contributed by atoms with van der Waals surface area (Å²) >= 11 is 1.44. The number of alkyl halides is 3. The summed E-state index contributed by atoms with van der Waals surface area (Å²) in [5.41, 5.74) is 1.18. The van der Waals surface area contributed by atoms with Crippen LogP contribution in [-0.4, -0.2) is 34.4 Å². The molecule has 3 aromatic rings. The lowest BCUT2D eigenvalue weighted by atomic mass is 10.0. The molecule has 156 valence electrons. The first-order valence-corrected chi connectivity index (χ1v) is 10.2. The van der Waals surface area contributed by atoms with Crippen molar-refractivity contribution in [2.24, 2.45) is 0 Å². The molecule has 2 N–H and O–H groups in total. The second kappa shape index (κ2) is 8.02. The van der Waals surface area contributed by atoms with Crippen molar-refractivity contribution >= 4 is 33.4 Å². The topological polar surface area (TPSA) is 84.0 Å². The molecule has 1 atom stereocenters. The van der Waals surface area contributed by atoms with Crippen molar-refractivity contribution in [3.8, 4) is 0 Å². The Morgan fingerprint density at radius 3 is 2.83 bits per heavy atom. The number of rotatable bonds is 4. The molecule has 1 aliphatic heterocycles. The number of fused-ring (bicyclic) bond motifs is 1. The molecule has 4 rings (SSSR count). The third-order valence-electron chi connectivity index (χ3n) is 4.82. The van der Waals surface area contributed by atoms with Crippen molar-refractivity contribution in [3.05, 3.63) is 58.4 Å². The molecule has 30 heavy (non-hydrogen) atoms. The first kappa shape index (κ1) is 20.3. The lowest BCUT2D eigenvalue weighted by Crippen LogP contribution is -2.50. The number of thiophene rings is 1. The molecule has 0 aliphatic carbocycles. The SMILES string of the molecule is O=C(NC1CCCNC1=O)c1cc(Cc2ccc(C(F)(F)F)nc2)c2sccc2n1. The van der Waals surface area contributed by atoms with E-state index in [2.05, 4.69) is 20.6 Å². The minimum Gasteiger partial charge on any atom is -0.354 e. The molecule has 1 aliphatic rings. The van der Waals surface area contributed by atoms with E-state index in [-0.39, 0.29) is 11.6 Å². The molecular formula is C20H17F3N4O2S. The van der Waals surface area contributed by atoms with Crippen LogP contribution in [0.25, 0.3) is 10.2 Å².